The van der Waals surface area contributed by atoms with Crippen LogP contribution in [-0.4, -0.2) is 59.2 Å². The molecule has 0 atom stereocenters. The fourth-order valence-corrected chi connectivity index (χ4v) is 3.60. The lowest BCUT2D eigenvalue weighted by atomic mass is 10.2. The fourth-order valence-electron chi connectivity index (χ4n) is 3.06. The summed E-state index contributed by atoms with van der Waals surface area (Å²) in [6, 6.07) is 5.61. The number of hydrogen-bond donors (Lipinski definition) is 2. The van der Waals surface area contributed by atoms with Gasteiger partial charge in [0.15, 0.2) is 16.7 Å². The Morgan fingerprint density at radius 3 is 2.79 bits per heavy atom. The number of piperazine rings is 1. The number of carbonyl (C=O) groups excluding carboxylic acids is 1. The Morgan fingerprint density at radius 2 is 2.11 bits per heavy atom. The first kappa shape index (κ1) is 18.4. The van der Waals surface area contributed by atoms with Gasteiger partial charge >= 0.3 is 0 Å². The van der Waals surface area contributed by atoms with E-state index in [9.17, 15) is 4.79 Å². The number of thiazole rings is 1. The molecule has 9 nitrogen and oxygen atoms in total. The van der Waals surface area contributed by atoms with Crippen molar-refractivity contribution in [2.75, 3.05) is 43.4 Å². The van der Waals surface area contributed by atoms with Crippen molar-refractivity contribution in [2.24, 2.45) is 0 Å². The summed E-state index contributed by atoms with van der Waals surface area (Å²) >= 11 is 1.52. The third kappa shape index (κ3) is 4.29. The van der Waals surface area contributed by atoms with Crippen LogP contribution in [0.25, 0.3) is 0 Å². The van der Waals surface area contributed by atoms with Crippen LogP contribution < -0.4 is 15.5 Å². The molecule has 146 valence electrons. The first-order valence-corrected chi connectivity index (χ1v) is 9.87. The Labute approximate surface area is 166 Å². The molecular formula is C18H21N7O2S. The molecule has 2 N–H and O–H groups in total. The molecule has 4 heterocycles. The molecule has 1 amide bonds. The average molecular weight is 399 g/mol. The molecule has 0 radical (unpaired) electrons. The van der Waals surface area contributed by atoms with E-state index in [0.717, 1.165) is 42.8 Å². The minimum absolute atomic E-state index is 0.174. The number of amides is 1. The number of nitrogens with zero attached hydrogens (tertiary/aromatic N) is 5. The summed E-state index contributed by atoms with van der Waals surface area (Å²) < 4.78 is 5.44. The van der Waals surface area contributed by atoms with Gasteiger partial charge in [0.25, 0.3) is 5.91 Å². The van der Waals surface area contributed by atoms with Gasteiger partial charge in [0.2, 0.25) is 0 Å². The number of rotatable bonds is 6. The van der Waals surface area contributed by atoms with Gasteiger partial charge in [0, 0.05) is 50.9 Å². The molecule has 0 aliphatic carbocycles. The number of pyridine rings is 1. The molecule has 1 saturated heterocycles. The zero-order valence-corrected chi connectivity index (χ0v) is 16.3. The smallest absolute Gasteiger partial charge is 0.269 e. The minimum Gasteiger partial charge on any atom is -0.368 e. The van der Waals surface area contributed by atoms with Crippen LogP contribution in [0.3, 0.4) is 0 Å². The lowest BCUT2D eigenvalue weighted by molar-refractivity contribution is 0.0958. The van der Waals surface area contributed by atoms with E-state index in [1.807, 2.05) is 17.5 Å². The van der Waals surface area contributed by atoms with Crippen LogP contribution in [0.4, 0.5) is 16.6 Å². The number of nitrogens with one attached hydrogen (secondary N) is 2. The molecule has 28 heavy (non-hydrogen) atoms. The molecular weight excluding hydrogens is 378 g/mol. The second kappa shape index (κ2) is 8.36. The van der Waals surface area contributed by atoms with Crippen molar-refractivity contribution in [1.29, 1.82) is 0 Å². The molecule has 0 aromatic carbocycles. The van der Waals surface area contributed by atoms with Crippen molar-refractivity contribution in [2.45, 2.75) is 6.54 Å². The maximum atomic E-state index is 11.6. The maximum absolute atomic E-state index is 11.6. The Kier molecular flexibility index (Phi) is 5.49. The molecule has 4 rings (SSSR count). The lowest BCUT2D eigenvalue weighted by Gasteiger charge is -2.35. The highest BCUT2D eigenvalue weighted by Gasteiger charge is 2.19. The van der Waals surface area contributed by atoms with Crippen molar-refractivity contribution in [1.82, 2.24) is 25.3 Å². The van der Waals surface area contributed by atoms with Gasteiger partial charge in [-0.05, 0) is 12.1 Å². The summed E-state index contributed by atoms with van der Waals surface area (Å²) in [6.07, 6.45) is 3.50. The van der Waals surface area contributed by atoms with Crippen molar-refractivity contribution in [3.8, 4) is 0 Å². The highest BCUT2D eigenvalue weighted by atomic mass is 32.1. The van der Waals surface area contributed by atoms with Crippen LogP contribution in [0, 0.1) is 0 Å². The number of hydrogen-bond acceptors (Lipinski definition) is 9. The van der Waals surface area contributed by atoms with Gasteiger partial charge in [-0.3, -0.25) is 9.69 Å². The van der Waals surface area contributed by atoms with E-state index in [-0.39, 0.29) is 5.91 Å². The van der Waals surface area contributed by atoms with Crippen LogP contribution in [-0.2, 0) is 6.54 Å². The molecule has 0 bridgehead atoms. The summed E-state index contributed by atoms with van der Waals surface area (Å²) in [5.41, 5.74) is 1.46. The third-order valence-electron chi connectivity index (χ3n) is 4.55. The first-order chi connectivity index (χ1) is 13.7. The van der Waals surface area contributed by atoms with Gasteiger partial charge < -0.3 is 20.1 Å². The van der Waals surface area contributed by atoms with Crippen molar-refractivity contribution in [3.63, 3.8) is 0 Å². The highest BCUT2D eigenvalue weighted by molar-refractivity contribution is 7.13. The summed E-state index contributed by atoms with van der Waals surface area (Å²) in [5, 5.41) is 12.5. The summed E-state index contributed by atoms with van der Waals surface area (Å²) in [7, 11) is 1.60. The second-order valence-corrected chi connectivity index (χ2v) is 7.28. The van der Waals surface area contributed by atoms with Crippen LogP contribution in [0.15, 0.2) is 40.5 Å². The molecule has 3 aromatic heterocycles. The quantitative estimate of drug-likeness (QED) is 0.649. The molecule has 0 saturated carbocycles. The summed E-state index contributed by atoms with van der Waals surface area (Å²) in [5.74, 6) is 1.32. The molecule has 10 heteroatoms. The molecule has 1 fully saturated rings. The second-order valence-electron chi connectivity index (χ2n) is 6.38. The Morgan fingerprint density at radius 1 is 1.25 bits per heavy atom. The SMILES string of the molecule is CNC(=O)c1ccc(N2CCN(Cc3cc(Nc4nccs4)no3)CC2)cn1. The van der Waals surface area contributed by atoms with Gasteiger partial charge in [-0.2, -0.15) is 0 Å². The van der Waals surface area contributed by atoms with Crippen LogP contribution in [0.2, 0.25) is 0 Å². The van der Waals surface area contributed by atoms with Gasteiger partial charge in [0.05, 0.1) is 18.4 Å². The van der Waals surface area contributed by atoms with E-state index in [2.05, 4.69) is 35.6 Å². The van der Waals surface area contributed by atoms with E-state index in [0.29, 0.717) is 18.1 Å². The molecule has 0 spiro atoms. The number of aromatic nitrogens is 3. The molecule has 0 unspecified atom stereocenters. The fraction of sp³-hybridized carbons (Fsp3) is 0.333. The topological polar surface area (TPSA) is 99.4 Å². The predicted molar refractivity (Wildman–Crippen MR) is 107 cm³/mol. The minimum atomic E-state index is -0.174. The molecule has 1 aliphatic rings. The molecule has 3 aromatic rings. The highest BCUT2D eigenvalue weighted by Crippen LogP contribution is 2.20. The van der Waals surface area contributed by atoms with Crippen molar-refractivity contribution >= 4 is 33.9 Å². The van der Waals surface area contributed by atoms with E-state index < -0.39 is 0 Å². The van der Waals surface area contributed by atoms with Gasteiger partial charge in [-0.25, -0.2) is 9.97 Å². The third-order valence-corrected chi connectivity index (χ3v) is 5.24. The summed E-state index contributed by atoms with van der Waals surface area (Å²) in [6.45, 7) is 4.31. The maximum Gasteiger partial charge on any atom is 0.269 e. The predicted octanol–water partition coefficient (Wildman–Crippen LogP) is 1.95. The Bertz CT molecular complexity index is 902. The number of carbonyl (C=O) groups is 1. The number of anilines is 3. The zero-order valence-electron chi connectivity index (χ0n) is 15.5. The molecule has 1 aliphatic heterocycles. The normalized spacial score (nSPS) is 14.8. The lowest BCUT2D eigenvalue weighted by Crippen LogP contribution is -2.46. The van der Waals surface area contributed by atoms with Gasteiger partial charge in [-0.1, -0.05) is 5.16 Å². The van der Waals surface area contributed by atoms with Crippen molar-refractivity contribution < 1.29 is 9.32 Å². The summed E-state index contributed by atoms with van der Waals surface area (Å²) in [4.78, 5) is 24.6. The zero-order chi connectivity index (χ0) is 19.3. The van der Waals surface area contributed by atoms with Gasteiger partial charge in [0.1, 0.15) is 5.69 Å². The standard InChI is InChI=1S/C18H21N7O2S/c1-19-17(26)15-3-2-13(11-21-15)25-7-5-24(6-8-25)12-14-10-16(23-27-14)22-18-20-4-9-28-18/h2-4,9-11H,5-8,12H2,1H3,(H,19,26)(H,20,22,23). The monoisotopic (exact) mass is 399 g/mol. The van der Waals surface area contributed by atoms with E-state index in [1.54, 1.807) is 25.5 Å². The van der Waals surface area contributed by atoms with Crippen LogP contribution in [0.5, 0.6) is 0 Å². The average Bonchev–Trinajstić information content (AvgIpc) is 3.41. The Balaban J connectivity index is 1.28. The van der Waals surface area contributed by atoms with E-state index >= 15 is 0 Å². The Hall–Kier alpha value is -2.98. The first-order valence-electron chi connectivity index (χ1n) is 8.99. The van der Waals surface area contributed by atoms with Crippen molar-refractivity contribution in [3.05, 3.63) is 47.4 Å². The van der Waals surface area contributed by atoms with Gasteiger partial charge in [-0.15, -0.1) is 11.3 Å². The van der Waals surface area contributed by atoms with Crippen LogP contribution >= 0.6 is 11.3 Å². The largest absolute Gasteiger partial charge is 0.368 e. The van der Waals surface area contributed by atoms with Crippen LogP contribution in [0.1, 0.15) is 16.2 Å². The van der Waals surface area contributed by atoms with E-state index in [1.165, 1.54) is 11.3 Å². The van der Waals surface area contributed by atoms with E-state index in [4.69, 9.17) is 4.52 Å².